The monoisotopic (exact) mass is 256 g/mol. The summed E-state index contributed by atoms with van der Waals surface area (Å²) in [5.74, 6) is 1.82. The highest BCUT2D eigenvalue weighted by Gasteiger charge is 2.49. The number of aromatic nitrogens is 1. The number of nitrogens with zero attached hydrogens (tertiary/aromatic N) is 2. The minimum Gasteiger partial charge on any atom is -0.400 e. The van der Waals surface area contributed by atoms with E-state index >= 15 is 0 Å². The van der Waals surface area contributed by atoms with Gasteiger partial charge in [-0.05, 0) is 45.9 Å². The third kappa shape index (κ3) is 2.86. The molecule has 0 unspecified atom stereocenters. The van der Waals surface area contributed by atoms with Gasteiger partial charge in [-0.25, -0.2) is 0 Å². The van der Waals surface area contributed by atoms with Crippen LogP contribution in [0.5, 0.6) is 0 Å². The van der Waals surface area contributed by atoms with E-state index < -0.39 is 7.12 Å². The van der Waals surface area contributed by atoms with E-state index in [4.69, 9.17) is 14.6 Å². The van der Waals surface area contributed by atoms with Gasteiger partial charge in [0.2, 0.25) is 0 Å². The van der Waals surface area contributed by atoms with Crippen molar-refractivity contribution in [3.8, 4) is 6.07 Å². The van der Waals surface area contributed by atoms with Crippen LogP contribution in [0.2, 0.25) is 0 Å². The zero-order chi connectivity index (χ0) is 14.1. The molecule has 0 N–H and O–H groups in total. The second-order valence-electron chi connectivity index (χ2n) is 5.57. The molecule has 0 radical (unpaired) electrons. The van der Waals surface area contributed by atoms with Gasteiger partial charge in [-0.15, -0.1) is 0 Å². The first-order valence-corrected chi connectivity index (χ1v) is 6.24. The quantitative estimate of drug-likeness (QED) is 0.763. The van der Waals surface area contributed by atoms with Crippen molar-refractivity contribution in [3.05, 3.63) is 35.6 Å². The molecule has 0 saturated carbocycles. The lowest BCUT2D eigenvalue weighted by Gasteiger charge is -2.32. The van der Waals surface area contributed by atoms with Crippen molar-refractivity contribution in [2.45, 2.75) is 38.9 Å². The molecule has 1 aliphatic heterocycles. The van der Waals surface area contributed by atoms with E-state index in [0.717, 1.165) is 0 Å². The average molecular weight is 256 g/mol. The molecular formula is C14H17BN2O2. The van der Waals surface area contributed by atoms with Gasteiger partial charge < -0.3 is 9.31 Å². The minimum absolute atomic E-state index is 0.343. The Balaban J connectivity index is 2.11. The maximum absolute atomic E-state index is 8.83. The molecule has 1 aliphatic rings. The number of hydrogen-bond acceptors (Lipinski definition) is 4. The summed E-state index contributed by atoms with van der Waals surface area (Å²) < 4.78 is 11.7. The molecule has 0 aliphatic carbocycles. The largest absolute Gasteiger partial charge is 0.487 e. The second-order valence-corrected chi connectivity index (χ2v) is 5.57. The van der Waals surface area contributed by atoms with Crippen LogP contribution in [-0.2, 0) is 9.31 Å². The molecule has 0 aromatic carbocycles. The smallest absolute Gasteiger partial charge is 0.400 e. The van der Waals surface area contributed by atoms with E-state index in [0.29, 0.717) is 11.3 Å². The second kappa shape index (κ2) is 4.80. The van der Waals surface area contributed by atoms with Crippen LogP contribution in [-0.4, -0.2) is 23.3 Å². The molecule has 1 fully saturated rings. The van der Waals surface area contributed by atoms with Crippen LogP contribution in [0.3, 0.4) is 0 Å². The topological polar surface area (TPSA) is 55.1 Å². The van der Waals surface area contributed by atoms with Gasteiger partial charge in [0.25, 0.3) is 0 Å². The first-order valence-electron chi connectivity index (χ1n) is 6.24. The molecule has 4 nitrogen and oxygen atoms in total. The fourth-order valence-corrected chi connectivity index (χ4v) is 1.75. The van der Waals surface area contributed by atoms with Gasteiger partial charge in [-0.1, -0.05) is 5.98 Å². The Hall–Kier alpha value is -1.64. The summed E-state index contributed by atoms with van der Waals surface area (Å²) in [6, 6.07) is 5.48. The fourth-order valence-electron chi connectivity index (χ4n) is 1.75. The normalized spacial score (nSPS) is 20.7. The number of hydrogen-bond donors (Lipinski definition) is 0. The Bertz CT molecular complexity index is 531. The van der Waals surface area contributed by atoms with Gasteiger partial charge in [0.05, 0.1) is 28.5 Å². The molecular weight excluding hydrogens is 239 g/mol. The molecule has 0 bridgehead atoms. The van der Waals surface area contributed by atoms with E-state index in [9.17, 15) is 0 Å². The standard InChI is InChI=1S/C14H17BN2O2/c1-13(2)14(3,4)19-15(18-13)7-5-12-9-11(10-16)6-8-17-12/h5-9H,1-4H3/b7-5+. The van der Waals surface area contributed by atoms with Crippen LogP contribution in [0.1, 0.15) is 39.0 Å². The van der Waals surface area contributed by atoms with Crippen LogP contribution in [0.25, 0.3) is 6.08 Å². The van der Waals surface area contributed by atoms with Crippen LogP contribution in [0, 0.1) is 11.3 Å². The summed E-state index contributed by atoms with van der Waals surface area (Å²) in [4.78, 5) is 4.17. The molecule has 1 saturated heterocycles. The molecule has 2 rings (SSSR count). The lowest BCUT2D eigenvalue weighted by Crippen LogP contribution is -2.41. The third-order valence-corrected chi connectivity index (χ3v) is 3.61. The Morgan fingerprint density at radius 3 is 2.47 bits per heavy atom. The zero-order valence-corrected chi connectivity index (χ0v) is 11.7. The Labute approximate surface area is 114 Å². The summed E-state index contributed by atoms with van der Waals surface area (Å²) in [6.07, 6.45) is 3.42. The number of nitriles is 1. The van der Waals surface area contributed by atoms with Crippen molar-refractivity contribution in [2.24, 2.45) is 0 Å². The summed E-state index contributed by atoms with van der Waals surface area (Å²) in [6.45, 7) is 8.04. The molecule has 5 heteroatoms. The van der Waals surface area contributed by atoms with E-state index in [1.54, 1.807) is 18.3 Å². The molecule has 0 spiro atoms. The molecule has 2 heterocycles. The van der Waals surface area contributed by atoms with E-state index in [2.05, 4.69) is 11.1 Å². The van der Waals surface area contributed by atoms with E-state index in [1.165, 1.54) is 0 Å². The van der Waals surface area contributed by atoms with Crippen molar-refractivity contribution in [1.82, 2.24) is 4.98 Å². The minimum atomic E-state index is -0.391. The van der Waals surface area contributed by atoms with Gasteiger partial charge >= 0.3 is 7.12 Å². The average Bonchev–Trinajstić information content (AvgIpc) is 2.56. The van der Waals surface area contributed by atoms with Crippen molar-refractivity contribution < 1.29 is 9.31 Å². The van der Waals surface area contributed by atoms with Crippen molar-refractivity contribution in [1.29, 1.82) is 5.26 Å². The number of rotatable bonds is 2. The summed E-state index contributed by atoms with van der Waals surface area (Å²) in [5, 5.41) is 8.83. The lowest BCUT2D eigenvalue weighted by molar-refractivity contribution is 0.00578. The predicted octanol–water partition coefficient (Wildman–Crippen LogP) is 2.60. The molecule has 1 aromatic heterocycles. The Kier molecular flexibility index (Phi) is 3.48. The predicted molar refractivity (Wildman–Crippen MR) is 74.1 cm³/mol. The maximum Gasteiger partial charge on any atom is 0.487 e. The van der Waals surface area contributed by atoms with Crippen molar-refractivity contribution >= 4 is 13.2 Å². The molecule has 19 heavy (non-hydrogen) atoms. The van der Waals surface area contributed by atoms with Gasteiger partial charge in [0, 0.05) is 6.20 Å². The van der Waals surface area contributed by atoms with Crippen molar-refractivity contribution in [2.75, 3.05) is 0 Å². The van der Waals surface area contributed by atoms with Crippen LogP contribution >= 0.6 is 0 Å². The first-order chi connectivity index (χ1) is 8.84. The lowest BCUT2D eigenvalue weighted by atomic mass is 9.89. The summed E-state index contributed by atoms with van der Waals surface area (Å²) in [7, 11) is -0.391. The Morgan fingerprint density at radius 2 is 1.89 bits per heavy atom. The maximum atomic E-state index is 8.83. The van der Waals surface area contributed by atoms with Gasteiger partial charge in [0.15, 0.2) is 0 Å². The van der Waals surface area contributed by atoms with E-state index in [1.807, 2.05) is 39.7 Å². The SMILES string of the molecule is CC1(C)OB(/C=C/c2cc(C#N)ccn2)OC1(C)C. The van der Waals surface area contributed by atoms with E-state index in [-0.39, 0.29) is 11.2 Å². The number of pyridine rings is 1. The van der Waals surface area contributed by atoms with Gasteiger partial charge in [0.1, 0.15) is 0 Å². The van der Waals surface area contributed by atoms with Crippen LogP contribution in [0.15, 0.2) is 24.3 Å². The molecule has 98 valence electrons. The van der Waals surface area contributed by atoms with Gasteiger partial charge in [-0.2, -0.15) is 5.26 Å². The highest BCUT2D eigenvalue weighted by molar-refractivity contribution is 6.52. The fraction of sp³-hybridized carbons (Fsp3) is 0.429. The highest BCUT2D eigenvalue weighted by Crippen LogP contribution is 2.36. The molecule has 1 aromatic rings. The van der Waals surface area contributed by atoms with Gasteiger partial charge in [-0.3, -0.25) is 4.98 Å². The van der Waals surface area contributed by atoms with Crippen LogP contribution in [0.4, 0.5) is 0 Å². The summed E-state index contributed by atoms with van der Waals surface area (Å²) in [5.41, 5.74) is 0.616. The molecule has 0 amide bonds. The van der Waals surface area contributed by atoms with Crippen LogP contribution < -0.4 is 0 Å². The summed E-state index contributed by atoms with van der Waals surface area (Å²) >= 11 is 0. The highest BCUT2D eigenvalue weighted by atomic mass is 16.7. The first kappa shape index (κ1) is 13.8. The molecule has 0 atom stereocenters. The Morgan fingerprint density at radius 1 is 1.26 bits per heavy atom. The zero-order valence-electron chi connectivity index (χ0n) is 11.7. The van der Waals surface area contributed by atoms with Crippen molar-refractivity contribution in [3.63, 3.8) is 0 Å². The third-order valence-electron chi connectivity index (χ3n) is 3.61.